The normalized spacial score (nSPS) is 12.0. The van der Waals surface area contributed by atoms with Gasteiger partial charge in [-0.05, 0) is 35.8 Å². The molecule has 2 N–H and O–H groups in total. The molecule has 3 aromatic rings. The van der Waals surface area contributed by atoms with Crippen molar-refractivity contribution in [2.75, 3.05) is 0 Å². The zero-order valence-electron chi connectivity index (χ0n) is 16.8. The lowest BCUT2D eigenvalue weighted by Gasteiger charge is -2.08. The minimum absolute atomic E-state index is 0.183. The Morgan fingerprint density at radius 1 is 1.12 bits per heavy atom. The van der Waals surface area contributed by atoms with Gasteiger partial charge < -0.3 is 10.1 Å². The lowest BCUT2D eigenvalue weighted by molar-refractivity contribution is -0.131. The molecule has 0 aliphatic rings. The molecule has 0 aliphatic carbocycles. The van der Waals surface area contributed by atoms with E-state index in [4.69, 9.17) is 34.7 Å². The average Bonchev–Trinajstić information content (AvgIpc) is 3.21. The van der Waals surface area contributed by atoms with Gasteiger partial charge in [-0.25, -0.2) is 9.78 Å². The number of carboxylic acids is 1. The number of nitrogens with zero attached hydrogens (tertiary/aromatic N) is 1. The maximum Gasteiger partial charge on any atom is 0.327 e. The van der Waals surface area contributed by atoms with E-state index in [9.17, 15) is 9.59 Å². The fraction of sp³-hybridized carbons (Fsp3) is 0.0800. The molecule has 1 aromatic carbocycles. The molecule has 0 saturated carbocycles. The first kappa shape index (κ1) is 23.1. The number of allylic oxidation sites excluding steroid dienone is 5. The van der Waals surface area contributed by atoms with Gasteiger partial charge in [0.15, 0.2) is 5.78 Å². The summed E-state index contributed by atoms with van der Waals surface area (Å²) in [6, 6.07) is 6.69. The number of carbonyl (C=O) groups excluding carboxylic acids is 1. The van der Waals surface area contributed by atoms with Crippen LogP contribution in [0.25, 0.3) is 16.6 Å². The summed E-state index contributed by atoms with van der Waals surface area (Å²) in [4.78, 5) is 31.5. The van der Waals surface area contributed by atoms with Crippen molar-refractivity contribution in [1.29, 1.82) is 0 Å². The van der Waals surface area contributed by atoms with Gasteiger partial charge in [-0.15, -0.1) is 12.3 Å². The molecule has 0 saturated heterocycles. The van der Waals surface area contributed by atoms with Gasteiger partial charge in [0.05, 0.1) is 15.6 Å². The molecule has 0 radical (unpaired) electrons. The van der Waals surface area contributed by atoms with Crippen LogP contribution in [0.15, 0.2) is 67.0 Å². The van der Waals surface area contributed by atoms with Gasteiger partial charge in [-0.2, -0.15) is 0 Å². The molecule has 32 heavy (non-hydrogen) atoms. The molecule has 5 nitrogen and oxygen atoms in total. The quantitative estimate of drug-likeness (QED) is 0.182. The number of aliphatic carboxylic acids is 1. The minimum atomic E-state index is -1.02. The van der Waals surface area contributed by atoms with Crippen molar-refractivity contribution in [3.05, 3.63) is 93.8 Å². The first-order valence-electron chi connectivity index (χ1n) is 9.58. The smallest absolute Gasteiger partial charge is 0.327 e. The highest BCUT2D eigenvalue weighted by Gasteiger charge is 2.21. The average molecular weight is 465 g/mol. The standard InChI is InChI=1S/C25H18Cl2N2O3/c1-2-3-4-8-16(9-5-6-12-21(30)31)17-13-14-28-25-22(17)19(15-29-25)24(32)18-10-7-11-20(26)23(18)27/h1,4,6-15H,3,5H2,(H,28,29)(H,30,31)/b8-4-,12-6+,16-9+. The second-order valence-corrected chi connectivity index (χ2v) is 7.45. The van der Waals surface area contributed by atoms with Crippen LogP contribution in [0.1, 0.15) is 34.3 Å². The molecule has 0 bridgehead atoms. The summed E-state index contributed by atoms with van der Waals surface area (Å²) in [5, 5.41) is 9.91. The van der Waals surface area contributed by atoms with Crippen LogP contribution in [0.2, 0.25) is 10.0 Å². The van der Waals surface area contributed by atoms with Crippen molar-refractivity contribution >= 4 is 51.6 Å². The highest BCUT2D eigenvalue weighted by Crippen LogP contribution is 2.32. The summed E-state index contributed by atoms with van der Waals surface area (Å²) in [6.07, 6.45) is 17.5. The van der Waals surface area contributed by atoms with Crippen LogP contribution < -0.4 is 0 Å². The third kappa shape index (κ3) is 5.17. The van der Waals surface area contributed by atoms with Gasteiger partial charge in [-0.1, -0.05) is 53.6 Å². The Balaban J connectivity index is 2.14. The number of carboxylic acid groups (broad SMARTS) is 1. The van der Waals surface area contributed by atoms with Crippen molar-refractivity contribution in [2.45, 2.75) is 12.8 Å². The molecular weight excluding hydrogens is 447 g/mol. The third-order valence-corrected chi connectivity index (χ3v) is 5.41. The number of halogens is 2. The number of ketones is 1. The number of aromatic nitrogens is 2. The maximum atomic E-state index is 13.3. The number of hydrogen-bond donors (Lipinski definition) is 2. The molecule has 160 valence electrons. The first-order chi connectivity index (χ1) is 15.4. The monoisotopic (exact) mass is 464 g/mol. The summed E-state index contributed by atoms with van der Waals surface area (Å²) in [6.45, 7) is 0. The van der Waals surface area contributed by atoms with E-state index in [1.54, 1.807) is 36.7 Å². The Hall–Kier alpha value is -3.59. The van der Waals surface area contributed by atoms with Crippen LogP contribution in [0, 0.1) is 12.3 Å². The predicted molar refractivity (Wildman–Crippen MR) is 128 cm³/mol. The number of rotatable bonds is 8. The largest absolute Gasteiger partial charge is 0.478 e. The molecule has 7 heteroatoms. The SMILES string of the molecule is C#CC/C=C\C(=C/C/C=C/C(=O)O)c1ccnc2[nH]cc(C(=O)c3cccc(Cl)c3Cl)c12. The number of H-pyrrole nitrogens is 1. The van der Waals surface area contributed by atoms with Crippen molar-refractivity contribution < 1.29 is 14.7 Å². The number of fused-ring (bicyclic) bond motifs is 1. The molecular formula is C25H18Cl2N2O3. The molecule has 2 heterocycles. The first-order valence-corrected chi connectivity index (χ1v) is 10.3. The lowest BCUT2D eigenvalue weighted by Crippen LogP contribution is -2.02. The molecule has 3 rings (SSSR count). The second-order valence-electron chi connectivity index (χ2n) is 6.66. The van der Waals surface area contributed by atoms with E-state index in [1.807, 2.05) is 18.2 Å². The van der Waals surface area contributed by atoms with Crippen LogP contribution in [-0.2, 0) is 4.79 Å². The van der Waals surface area contributed by atoms with E-state index in [1.165, 1.54) is 6.08 Å². The highest BCUT2D eigenvalue weighted by atomic mass is 35.5. The number of hydrogen-bond acceptors (Lipinski definition) is 3. The molecule has 0 unspecified atom stereocenters. The van der Waals surface area contributed by atoms with Gasteiger partial charge in [-0.3, -0.25) is 4.79 Å². The molecule has 0 amide bonds. The lowest BCUT2D eigenvalue weighted by atomic mass is 9.96. The van der Waals surface area contributed by atoms with Gasteiger partial charge in [0.1, 0.15) is 5.65 Å². The van der Waals surface area contributed by atoms with Crippen molar-refractivity contribution in [3.63, 3.8) is 0 Å². The van der Waals surface area contributed by atoms with E-state index < -0.39 is 5.97 Å². The zero-order valence-corrected chi connectivity index (χ0v) is 18.3. The van der Waals surface area contributed by atoms with Gasteiger partial charge in [0.25, 0.3) is 0 Å². The predicted octanol–water partition coefficient (Wildman–Crippen LogP) is 6.09. The van der Waals surface area contributed by atoms with Gasteiger partial charge in [0, 0.05) is 35.8 Å². The summed E-state index contributed by atoms with van der Waals surface area (Å²) in [5.41, 5.74) is 2.72. The summed E-state index contributed by atoms with van der Waals surface area (Å²) in [5.74, 6) is 1.23. The number of aromatic amines is 1. The van der Waals surface area contributed by atoms with E-state index >= 15 is 0 Å². The Labute approximate surface area is 195 Å². The van der Waals surface area contributed by atoms with Crippen molar-refractivity contribution in [1.82, 2.24) is 9.97 Å². The fourth-order valence-corrected chi connectivity index (χ4v) is 3.57. The zero-order chi connectivity index (χ0) is 23.1. The maximum absolute atomic E-state index is 13.3. The van der Waals surface area contributed by atoms with Crippen LogP contribution in [0.3, 0.4) is 0 Å². The number of pyridine rings is 1. The van der Waals surface area contributed by atoms with Crippen LogP contribution in [0.5, 0.6) is 0 Å². The minimum Gasteiger partial charge on any atom is -0.478 e. The van der Waals surface area contributed by atoms with Crippen molar-refractivity contribution in [2.24, 2.45) is 0 Å². The van der Waals surface area contributed by atoms with Gasteiger partial charge in [0.2, 0.25) is 0 Å². The number of carbonyl (C=O) groups is 2. The fourth-order valence-electron chi connectivity index (χ4n) is 3.19. The third-order valence-electron chi connectivity index (χ3n) is 4.59. The van der Waals surface area contributed by atoms with Crippen LogP contribution >= 0.6 is 23.2 Å². The second kappa shape index (κ2) is 10.6. The summed E-state index contributed by atoms with van der Waals surface area (Å²) < 4.78 is 0. The van der Waals surface area contributed by atoms with E-state index in [0.29, 0.717) is 34.5 Å². The highest BCUT2D eigenvalue weighted by molar-refractivity contribution is 6.44. The van der Waals surface area contributed by atoms with Gasteiger partial charge >= 0.3 is 5.97 Å². The molecule has 0 atom stereocenters. The summed E-state index contributed by atoms with van der Waals surface area (Å²) in [7, 11) is 0. The number of nitrogens with one attached hydrogen (secondary N) is 1. The molecule has 2 aromatic heterocycles. The number of terminal acetylenes is 1. The number of benzene rings is 1. The molecule has 0 spiro atoms. The summed E-state index contributed by atoms with van der Waals surface area (Å²) >= 11 is 12.4. The van der Waals surface area contributed by atoms with E-state index in [2.05, 4.69) is 15.9 Å². The van der Waals surface area contributed by atoms with Crippen molar-refractivity contribution in [3.8, 4) is 12.3 Å². The van der Waals surface area contributed by atoms with Crippen LogP contribution in [-0.4, -0.2) is 26.8 Å². The van der Waals surface area contributed by atoms with Crippen LogP contribution in [0.4, 0.5) is 0 Å². The van der Waals surface area contributed by atoms with E-state index in [0.717, 1.165) is 17.2 Å². The molecule has 0 aliphatic heterocycles. The van der Waals surface area contributed by atoms with E-state index in [-0.39, 0.29) is 16.4 Å². The Bertz CT molecular complexity index is 1310. The Kier molecular flexibility index (Phi) is 7.67. The molecule has 0 fully saturated rings. The Morgan fingerprint density at radius 3 is 2.69 bits per heavy atom. The topological polar surface area (TPSA) is 83.0 Å². The Morgan fingerprint density at radius 2 is 1.94 bits per heavy atom.